The van der Waals surface area contributed by atoms with E-state index >= 15 is 0 Å². The molecule has 7 heteroatoms. The fraction of sp³-hybridized carbons (Fsp3) is 0.611. The van der Waals surface area contributed by atoms with Crippen LogP contribution < -0.4 is 10.6 Å². The van der Waals surface area contributed by atoms with Gasteiger partial charge in [0.1, 0.15) is 5.82 Å². The summed E-state index contributed by atoms with van der Waals surface area (Å²) < 4.78 is 13.5. The number of carbonyl (C=O) groups excluding carboxylic acids is 1. The van der Waals surface area contributed by atoms with Gasteiger partial charge in [0.25, 0.3) is 0 Å². The summed E-state index contributed by atoms with van der Waals surface area (Å²) in [7, 11) is 0. The van der Waals surface area contributed by atoms with Gasteiger partial charge in [0.05, 0.1) is 6.54 Å². The molecule has 0 bridgehead atoms. The van der Waals surface area contributed by atoms with Gasteiger partial charge in [-0.05, 0) is 37.1 Å². The molecule has 1 unspecified atom stereocenters. The molecule has 1 atom stereocenters. The summed E-state index contributed by atoms with van der Waals surface area (Å²) in [6.07, 6.45) is 1.23. The molecule has 0 radical (unpaired) electrons. The van der Waals surface area contributed by atoms with Gasteiger partial charge < -0.3 is 10.6 Å². The van der Waals surface area contributed by atoms with E-state index in [-0.39, 0.29) is 24.1 Å². The molecule has 2 fully saturated rings. The Kier molecular flexibility index (Phi) is 7.62. The van der Waals surface area contributed by atoms with Crippen molar-refractivity contribution in [2.24, 2.45) is 0 Å². The van der Waals surface area contributed by atoms with Crippen LogP contribution in [0.4, 0.5) is 4.39 Å². The van der Waals surface area contributed by atoms with Crippen LogP contribution in [-0.4, -0.2) is 67.6 Å². The van der Waals surface area contributed by atoms with Gasteiger partial charge in [-0.1, -0.05) is 12.1 Å². The third-order valence-corrected chi connectivity index (χ3v) is 5.05. The molecule has 0 aliphatic carbocycles. The predicted molar refractivity (Wildman–Crippen MR) is 99.5 cm³/mol. The first-order valence-corrected chi connectivity index (χ1v) is 8.80. The molecule has 0 aromatic heterocycles. The summed E-state index contributed by atoms with van der Waals surface area (Å²) in [6.45, 7) is 8.67. The number of nitrogens with one attached hydrogen (secondary N) is 2. The zero-order chi connectivity index (χ0) is 16.9. The van der Waals surface area contributed by atoms with Crippen molar-refractivity contribution >= 4 is 18.3 Å². The van der Waals surface area contributed by atoms with E-state index in [1.807, 2.05) is 6.07 Å². The summed E-state index contributed by atoms with van der Waals surface area (Å²) in [5.74, 6) is -0.216. The van der Waals surface area contributed by atoms with E-state index in [4.69, 9.17) is 0 Å². The molecule has 1 aromatic carbocycles. The van der Waals surface area contributed by atoms with Crippen LogP contribution in [0.3, 0.4) is 0 Å². The highest BCUT2D eigenvalue weighted by Crippen LogP contribution is 2.12. The highest BCUT2D eigenvalue weighted by molar-refractivity contribution is 5.85. The molecular weight excluding hydrogens is 343 g/mol. The van der Waals surface area contributed by atoms with Gasteiger partial charge in [-0.3, -0.25) is 14.6 Å². The van der Waals surface area contributed by atoms with E-state index in [2.05, 4.69) is 20.4 Å². The first-order chi connectivity index (χ1) is 11.6. The van der Waals surface area contributed by atoms with Crippen LogP contribution in [-0.2, 0) is 11.3 Å². The molecular formula is C18H28ClFN4O. The number of aryl methyl sites for hydroxylation is 1. The molecule has 1 aromatic rings. The maximum atomic E-state index is 13.5. The first kappa shape index (κ1) is 20.1. The predicted octanol–water partition coefficient (Wildman–Crippen LogP) is 1.15. The average molecular weight is 371 g/mol. The molecule has 2 saturated heterocycles. The highest BCUT2D eigenvalue weighted by Gasteiger charge is 2.26. The minimum Gasteiger partial charge on any atom is -0.351 e. The van der Waals surface area contributed by atoms with E-state index in [1.165, 1.54) is 12.5 Å². The highest BCUT2D eigenvalue weighted by atomic mass is 35.5. The average Bonchev–Trinajstić information content (AvgIpc) is 3.11. The van der Waals surface area contributed by atoms with Gasteiger partial charge in [0, 0.05) is 45.3 Å². The Morgan fingerprint density at radius 2 is 2.08 bits per heavy atom. The standard InChI is InChI=1S/C18H27FN4O.ClH/c1-14-2-3-15(10-17(14)19)11-21-18(24)13-22-6-8-23(9-7-22)16-4-5-20-12-16;/h2-3,10,16,20H,4-9,11-13H2,1H3,(H,21,24);1H. The Bertz CT molecular complexity index is 572. The van der Waals surface area contributed by atoms with Crippen molar-refractivity contribution in [1.29, 1.82) is 0 Å². The van der Waals surface area contributed by atoms with Crippen molar-refractivity contribution in [1.82, 2.24) is 20.4 Å². The van der Waals surface area contributed by atoms with Gasteiger partial charge >= 0.3 is 0 Å². The Morgan fingerprint density at radius 1 is 1.32 bits per heavy atom. The van der Waals surface area contributed by atoms with Crippen LogP contribution in [0.1, 0.15) is 17.5 Å². The van der Waals surface area contributed by atoms with Crippen LogP contribution in [0, 0.1) is 12.7 Å². The Hall–Kier alpha value is -1.21. The molecule has 1 amide bonds. The molecule has 140 valence electrons. The van der Waals surface area contributed by atoms with E-state index in [1.54, 1.807) is 13.0 Å². The minimum absolute atomic E-state index is 0. The summed E-state index contributed by atoms with van der Waals surface area (Å²) in [5, 5.41) is 6.30. The number of nitrogens with zero attached hydrogens (tertiary/aromatic N) is 2. The molecule has 2 aliphatic rings. The van der Waals surface area contributed by atoms with Crippen LogP contribution in [0.15, 0.2) is 18.2 Å². The summed E-state index contributed by atoms with van der Waals surface area (Å²) in [6, 6.07) is 5.75. The SMILES string of the molecule is Cc1ccc(CNC(=O)CN2CCN(C3CCNC3)CC2)cc1F.Cl. The van der Waals surface area contributed by atoms with Crippen molar-refractivity contribution in [3.05, 3.63) is 35.1 Å². The second-order valence-electron chi connectivity index (χ2n) is 6.82. The van der Waals surface area contributed by atoms with Crippen LogP contribution >= 0.6 is 12.4 Å². The van der Waals surface area contributed by atoms with Crippen molar-refractivity contribution < 1.29 is 9.18 Å². The van der Waals surface area contributed by atoms with Crippen molar-refractivity contribution in [2.75, 3.05) is 45.8 Å². The van der Waals surface area contributed by atoms with Gasteiger partial charge in [-0.15, -0.1) is 12.4 Å². The number of carbonyl (C=O) groups is 1. The van der Waals surface area contributed by atoms with Crippen LogP contribution in [0.2, 0.25) is 0 Å². The van der Waals surface area contributed by atoms with E-state index < -0.39 is 0 Å². The first-order valence-electron chi connectivity index (χ1n) is 8.80. The summed E-state index contributed by atoms with van der Waals surface area (Å²) in [4.78, 5) is 16.8. The van der Waals surface area contributed by atoms with Crippen molar-refractivity contribution in [3.8, 4) is 0 Å². The Morgan fingerprint density at radius 3 is 2.72 bits per heavy atom. The number of benzene rings is 1. The van der Waals surface area contributed by atoms with Gasteiger partial charge in [-0.25, -0.2) is 4.39 Å². The lowest BCUT2D eigenvalue weighted by atomic mass is 10.1. The van der Waals surface area contributed by atoms with Crippen LogP contribution in [0.5, 0.6) is 0 Å². The lowest BCUT2D eigenvalue weighted by Crippen LogP contribution is -2.52. The third-order valence-electron chi connectivity index (χ3n) is 5.05. The second kappa shape index (κ2) is 9.48. The Labute approximate surface area is 155 Å². The maximum absolute atomic E-state index is 13.5. The number of rotatable bonds is 5. The smallest absolute Gasteiger partial charge is 0.234 e. The van der Waals surface area contributed by atoms with Crippen LogP contribution in [0.25, 0.3) is 0 Å². The minimum atomic E-state index is -0.223. The fourth-order valence-corrected chi connectivity index (χ4v) is 3.44. The number of piperazine rings is 1. The van der Waals surface area contributed by atoms with E-state index in [0.717, 1.165) is 44.8 Å². The van der Waals surface area contributed by atoms with E-state index in [0.29, 0.717) is 24.7 Å². The van der Waals surface area contributed by atoms with E-state index in [9.17, 15) is 9.18 Å². The molecule has 2 heterocycles. The molecule has 2 N–H and O–H groups in total. The van der Waals surface area contributed by atoms with Crippen molar-refractivity contribution in [2.45, 2.75) is 25.9 Å². The Balaban J connectivity index is 0.00000225. The molecule has 0 saturated carbocycles. The molecule has 25 heavy (non-hydrogen) atoms. The lowest BCUT2D eigenvalue weighted by Gasteiger charge is -2.37. The number of hydrogen-bond acceptors (Lipinski definition) is 4. The van der Waals surface area contributed by atoms with Gasteiger partial charge in [-0.2, -0.15) is 0 Å². The normalized spacial score (nSPS) is 21.8. The zero-order valence-electron chi connectivity index (χ0n) is 14.8. The quantitative estimate of drug-likeness (QED) is 0.816. The monoisotopic (exact) mass is 370 g/mol. The lowest BCUT2D eigenvalue weighted by molar-refractivity contribution is -0.122. The largest absolute Gasteiger partial charge is 0.351 e. The molecule has 5 nitrogen and oxygen atoms in total. The molecule has 2 aliphatic heterocycles. The van der Waals surface area contributed by atoms with Gasteiger partial charge in [0.2, 0.25) is 5.91 Å². The maximum Gasteiger partial charge on any atom is 0.234 e. The third kappa shape index (κ3) is 5.64. The fourth-order valence-electron chi connectivity index (χ4n) is 3.44. The summed E-state index contributed by atoms with van der Waals surface area (Å²) in [5.41, 5.74) is 1.42. The topological polar surface area (TPSA) is 47.6 Å². The molecule has 3 rings (SSSR count). The zero-order valence-corrected chi connectivity index (χ0v) is 15.6. The number of halogens is 2. The van der Waals surface area contributed by atoms with Gasteiger partial charge in [0.15, 0.2) is 0 Å². The number of hydrogen-bond donors (Lipinski definition) is 2. The summed E-state index contributed by atoms with van der Waals surface area (Å²) >= 11 is 0. The van der Waals surface area contributed by atoms with Crippen molar-refractivity contribution in [3.63, 3.8) is 0 Å². The molecule has 0 spiro atoms. The number of amides is 1. The second-order valence-corrected chi connectivity index (χ2v) is 6.82.